The standard InChI is InChI=1S/C22H20FNO4S/c1-14-12-18(15(2)24(14)17-7-5-16(23)6-8-17)20(26)13-28-22(27)10-9-19(25)21-4-3-11-29-21/h3-8,11-12H,9-10,13H2,1-2H3. The van der Waals surface area contributed by atoms with E-state index < -0.39 is 5.97 Å². The van der Waals surface area contributed by atoms with E-state index in [2.05, 4.69) is 0 Å². The lowest BCUT2D eigenvalue weighted by Gasteiger charge is -2.10. The molecule has 0 radical (unpaired) electrons. The second-order valence-corrected chi connectivity index (χ2v) is 7.53. The quantitative estimate of drug-likeness (QED) is 0.397. The number of carbonyl (C=O) groups excluding carboxylic acids is 3. The minimum Gasteiger partial charge on any atom is -0.457 e. The predicted molar refractivity (Wildman–Crippen MR) is 108 cm³/mol. The first-order valence-electron chi connectivity index (χ1n) is 9.07. The van der Waals surface area contributed by atoms with Crippen LogP contribution in [0.3, 0.4) is 0 Å². The molecule has 0 atom stereocenters. The summed E-state index contributed by atoms with van der Waals surface area (Å²) < 4.78 is 20.1. The monoisotopic (exact) mass is 413 g/mol. The van der Waals surface area contributed by atoms with E-state index in [1.165, 1.54) is 23.5 Å². The third-order valence-electron chi connectivity index (χ3n) is 4.53. The van der Waals surface area contributed by atoms with E-state index in [-0.39, 0.29) is 36.8 Å². The third-order valence-corrected chi connectivity index (χ3v) is 5.44. The zero-order chi connectivity index (χ0) is 21.0. The summed E-state index contributed by atoms with van der Waals surface area (Å²) in [5, 5.41) is 1.80. The summed E-state index contributed by atoms with van der Waals surface area (Å²) in [4.78, 5) is 36.9. The largest absolute Gasteiger partial charge is 0.457 e. The number of thiophene rings is 1. The van der Waals surface area contributed by atoms with Gasteiger partial charge in [-0.1, -0.05) is 6.07 Å². The number of ketones is 2. The summed E-state index contributed by atoms with van der Waals surface area (Å²) in [6.07, 6.45) is -0.0226. The molecule has 7 heteroatoms. The van der Waals surface area contributed by atoms with Crippen LogP contribution in [-0.4, -0.2) is 28.7 Å². The molecule has 150 valence electrons. The predicted octanol–water partition coefficient (Wildman–Crippen LogP) is 4.68. The number of rotatable bonds is 8. The average molecular weight is 413 g/mol. The molecule has 0 amide bonds. The molecular formula is C22H20FNO4S. The van der Waals surface area contributed by atoms with Crippen molar-refractivity contribution in [2.75, 3.05) is 6.61 Å². The van der Waals surface area contributed by atoms with Gasteiger partial charge in [0.05, 0.1) is 11.3 Å². The molecule has 0 saturated carbocycles. The smallest absolute Gasteiger partial charge is 0.306 e. The number of halogens is 1. The molecular weight excluding hydrogens is 393 g/mol. The molecule has 29 heavy (non-hydrogen) atoms. The fourth-order valence-corrected chi connectivity index (χ4v) is 3.80. The van der Waals surface area contributed by atoms with Gasteiger partial charge >= 0.3 is 5.97 Å². The highest BCUT2D eigenvalue weighted by molar-refractivity contribution is 7.12. The van der Waals surface area contributed by atoms with Crippen molar-refractivity contribution < 1.29 is 23.5 Å². The third kappa shape index (κ3) is 4.86. The normalized spacial score (nSPS) is 10.7. The van der Waals surface area contributed by atoms with Crippen molar-refractivity contribution in [1.82, 2.24) is 4.57 Å². The van der Waals surface area contributed by atoms with Crippen LogP contribution in [0.1, 0.15) is 44.3 Å². The van der Waals surface area contributed by atoms with E-state index >= 15 is 0 Å². The van der Waals surface area contributed by atoms with Crippen LogP contribution in [0.25, 0.3) is 5.69 Å². The average Bonchev–Trinajstić information content (AvgIpc) is 3.33. The number of ether oxygens (including phenoxy) is 1. The Kier molecular flexibility index (Phi) is 6.39. The first-order valence-corrected chi connectivity index (χ1v) is 9.95. The molecule has 2 aromatic heterocycles. The summed E-state index contributed by atoms with van der Waals surface area (Å²) in [7, 11) is 0. The molecule has 1 aromatic carbocycles. The number of hydrogen-bond acceptors (Lipinski definition) is 5. The van der Waals surface area contributed by atoms with Gasteiger partial charge in [0.1, 0.15) is 5.82 Å². The maximum atomic E-state index is 13.2. The number of aromatic nitrogens is 1. The Labute approximate surface area is 171 Å². The van der Waals surface area contributed by atoms with Gasteiger partial charge in [0.15, 0.2) is 12.4 Å². The van der Waals surface area contributed by atoms with Gasteiger partial charge in [-0.25, -0.2) is 4.39 Å². The molecule has 0 aliphatic heterocycles. The molecule has 5 nitrogen and oxygen atoms in total. The molecule has 0 spiro atoms. The number of Topliss-reactive ketones (excluding diaryl/α,β-unsaturated/α-hetero) is 2. The van der Waals surface area contributed by atoms with Gasteiger partial charge in [-0.15, -0.1) is 11.3 Å². The number of carbonyl (C=O) groups is 3. The van der Waals surface area contributed by atoms with Gasteiger partial charge < -0.3 is 9.30 Å². The van der Waals surface area contributed by atoms with Crippen LogP contribution in [0, 0.1) is 19.7 Å². The van der Waals surface area contributed by atoms with Crippen molar-refractivity contribution >= 4 is 28.9 Å². The summed E-state index contributed by atoms with van der Waals surface area (Å²) in [5.74, 6) is -1.37. The minimum atomic E-state index is -0.587. The maximum Gasteiger partial charge on any atom is 0.306 e. The lowest BCUT2D eigenvalue weighted by molar-refractivity contribution is -0.142. The van der Waals surface area contributed by atoms with Gasteiger partial charge in [-0.3, -0.25) is 14.4 Å². The van der Waals surface area contributed by atoms with Crippen LogP contribution >= 0.6 is 11.3 Å². The van der Waals surface area contributed by atoms with E-state index in [9.17, 15) is 18.8 Å². The topological polar surface area (TPSA) is 65.4 Å². The van der Waals surface area contributed by atoms with Crippen molar-refractivity contribution in [3.05, 3.63) is 75.5 Å². The Morgan fingerprint density at radius 1 is 1.03 bits per heavy atom. The second-order valence-electron chi connectivity index (χ2n) is 6.58. The fraction of sp³-hybridized carbons (Fsp3) is 0.227. The van der Waals surface area contributed by atoms with E-state index in [1.54, 1.807) is 42.6 Å². The Morgan fingerprint density at radius 3 is 2.41 bits per heavy atom. The molecule has 3 aromatic rings. The SMILES string of the molecule is Cc1cc(C(=O)COC(=O)CCC(=O)c2cccs2)c(C)n1-c1ccc(F)cc1. The second kappa shape index (κ2) is 8.96. The molecule has 0 saturated heterocycles. The highest BCUT2D eigenvalue weighted by Gasteiger charge is 2.19. The van der Waals surface area contributed by atoms with Crippen molar-refractivity contribution in [2.45, 2.75) is 26.7 Å². The Hall–Kier alpha value is -3.06. The van der Waals surface area contributed by atoms with Crippen LogP contribution in [0.4, 0.5) is 4.39 Å². The summed E-state index contributed by atoms with van der Waals surface area (Å²) >= 11 is 1.32. The van der Waals surface area contributed by atoms with Crippen molar-refractivity contribution in [2.24, 2.45) is 0 Å². The first-order chi connectivity index (χ1) is 13.9. The van der Waals surface area contributed by atoms with E-state index in [4.69, 9.17) is 4.74 Å². The summed E-state index contributed by atoms with van der Waals surface area (Å²) in [6, 6.07) is 11.2. The minimum absolute atomic E-state index is 0.0482. The zero-order valence-electron chi connectivity index (χ0n) is 16.1. The molecule has 2 heterocycles. The van der Waals surface area contributed by atoms with Crippen LogP contribution in [0.2, 0.25) is 0 Å². The number of benzene rings is 1. The Balaban J connectivity index is 1.59. The van der Waals surface area contributed by atoms with Gasteiger partial charge in [-0.05, 0) is 55.6 Å². The summed E-state index contributed by atoms with van der Waals surface area (Å²) in [6.45, 7) is 3.24. The van der Waals surface area contributed by atoms with Gasteiger partial charge in [0, 0.05) is 29.1 Å². The zero-order valence-corrected chi connectivity index (χ0v) is 16.9. The van der Waals surface area contributed by atoms with Gasteiger partial charge in [-0.2, -0.15) is 0 Å². The highest BCUT2D eigenvalue weighted by Crippen LogP contribution is 2.22. The molecule has 0 aliphatic rings. The van der Waals surface area contributed by atoms with Gasteiger partial charge in [0.25, 0.3) is 0 Å². The van der Waals surface area contributed by atoms with Crippen molar-refractivity contribution in [1.29, 1.82) is 0 Å². The number of esters is 1. The lowest BCUT2D eigenvalue weighted by Crippen LogP contribution is -2.15. The molecule has 0 aliphatic carbocycles. The van der Waals surface area contributed by atoms with Gasteiger partial charge in [0.2, 0.25) is 5.78 Å². The Morgan fingerprint density at radius 2 is 1.76 bits per heavy atom. The van der Waals surface area contributed by atoms with Crippen molar-refractivity contribution in [3.63, 3.8) is 0 Å². The number of hydrogen-bond donors (Lipinski definition) is 0. The van der Waals surface area contributed by atoms with E-state index in [0.717, 1.165) is 11.4 Å². The van der Waals surface area contributed by atoms with Crippen molar-refractivity contribution in [3.8, 4) is 5.69 Å². The maximum absolute atomic E-state index is 13.2. The number of nitrogens with zero attached hydrogens (tertiary/aromatic N) is 1. The molecule has 0 N–H and O–H groups in total. The fourth-order valence-electron chi connectivity index (χ4n) is 3.10. The first kappa shape index (κ1) is 20.7. The van der Waals surface area contributed by atoms with Crippen LogP contribution < -0.4 is 0 Å². The van der Waals surface area contributed by atoms with Crippen LogP contribution in [0.5, 0.6) is 0 Å². The Bertz CT molecular complexity index is 1040. The number of aryl methyl sites for hydroxylation is 1. The molecule has 0 unspecified atom stereocenters. The van der Waals surface area contributed by atoms with E-state index in [1.807, 2.05) is 11.5 Å². The summed E-state index contributed by atoms with van der Waals surface area (Å²) in [5.41, 5.74) is 2.67. The molecule has 0 bridgehead atoms. The van der Waals surface area contributed by atoms with E-state index in [0.29, 0.717) is 16.1 Å². The lowest BCUT2D eigenvalue weighted by atomic mass is 10.1. The molecule has 0 fully saturated rings. The van der Waals surface area contributed by atoms with Crippen LogP contribution in [0.15, 0.2) is 47.8 Å². The highest BCUT2D eigenvalue weighted by atomic mass is 32.1. The molecule has 3 rings (SSSR count). The van der Waals surface area contributed by atoms with Crippen LogP contribution in [-0.2, 0) is 9.53 Å².